The van der Waals surface area contributed by atoms with Crippen molar-refractivity contribution in [1.29, 1.82) is 0 Å². The highest BCUT2D eigenvalue weighted by Crippen LogP contribution is 2.29. The fraction of sp³-hybridized carbons (Fsp3) is 0.462. The van der Waals surface area contributed by atoms with Crippen LogP contribution in [0.1, 0.15) is 17.5 Å². The van der Waals surface area contributed by atoms with Crippen molar-refractivity contribution in [2.45, 2.75) is 25.4 Å². The molecule has 0 heterocycles. The summed E-state index contributed by atoms with van der Waals surface area (Å²) < 4.78 is 43.3. The van der Waals surface area contributed by atoms with Gasteiger partial charge in [-0.3, -0.25) is 0 Å². The van der Waals surface area contributed by atoms with Crippen molar-refractivity contribution >= 4 is 5.84 Å². The number of halogens is 3. The van der Waals surface area contributed by atoms with Gasteiger partial charge in [0.15, 0.2) is 5.84 Å². The summed E-state index contributed by atoms with van der Waals surface area (Å²) in [5.41, 5.74) is 7.37. The van der Waals surface area contributed by atoms with Gasteiger partial charge in [0.1, 0.15) is 18.3 Å². The van der Waals surface area contributed by atoms with E-state index >= 15 is 0 Å². The summed E-state index contributed by atoms with van der Waals surface area (Å²) >= 11 is 0. The van der Waals surface area contributed by atoms with E-state index in [-0.39, 0.29) is 0 Å². The zero-order valence-electron chi connectivity index (χ0n) is 10.7. The molecule has 1 aliphatic rings. The second-order valence-electron chi connectivity index (χ2n) is 4.71. The molecular formula is C13H15F3N2O2. The van der Waals surface area contributed by atoms with E-state index in [9.17, 15) is 13.2 Å². The number of alkyl halides is 3. The third kappa shape index (κ3) is 3.15. The molecule has 1 aromatic rings. The van der Waals surface area contributed by atoms with E-state index in [1.54, 1.807) is 12.1 Å². The summed E-state index contributed by atoms with van der Waals surface area (Å²) in [5.74, 6) is -2.66. The molecule has 0 saturated carbocycles. The molecule has 0 aromatic heterocycles. The number of amidine groups is 1. The number of benzene rings is 1. The van der Waals surface area contributed by atoms with Crippen LogP contribution in [0.15, 0.2) is 23.4 Å². The van der Waals surface area contributed by atoms with Crippen molar-refractivity contribution in [3.8, 4) is 5.75 Å². The first-order chi connectivity index (χ1) is 9.41. The van der Waals surface area contributed by atoms with Gasteiger partial charge in [0.2, 0.25) is 0 Å². The Kier molecular flexibility index (Phi) is 4.06. The number of rotatable bonds is 4. The maximum atomic E-state index is 12.7. The molecule has 3 N–H and O–H groups in total. The Hall–Kier alpha value is -1.92. The van der Waals surface area contributed by atoms with Crippen LogP contribution in [0.25, 0.3) is 0 Å². The number of oxime groups is 1. The molecule has 0 amide bonds. The second-order valence-corrected chi connectivity index (χ2v) is 4.71. The Morgan fingerprint density at radius 3 is 2.70 bits per heavy atom. The molecule has 0 spiro atoms. The Bertz CT molecular complexity index is 515. The van der Waals surface area contributed by atoms with Gasteiger partial charge >= 0.3 is 6.18 Å². The van der Waals surface area contributed by atoms with Crippen molar-refractivity contribution in [3.63, 3.8) is 0 Å². The third-order valence-electron chi connectivity index (χ3n) is 3.35. The Balaban J connectivity index is 2.06. The molecule has 110 valence electrons. The van der Waals surface area contributed by atoms with Gasteiger partial charge in [-0.15, -0.1) is 0 Å². The highest BCUT2D eigenvalue weighted by molar-refractivity contribution is 5.83. The summed E-state index contributed by atoms with van der Waals surface area (Å²) in [7, 11) is 0. The average molecular weight is 288 g/mol. The van der Waals surface area contributed by atoms with E-state index in [0.717, 1.165) is 24.8 Å². The highest BCUT2D eigenvalue weighted by atomic mass is 19.4. The number of hydrogen-bond donors (Lipinski definition) is 2. The molecular weight excluding hydrogens is 273 g/mol. The molecule has 7 heteroatoms. The number of nitrogens with zero attached hydrogens (tertiary/aromatic N) is 1. The van der Waals surface area contributed by atoms with Crippen molar-refractivity contribution < 1.29 is 23.1 Å². The maximum Gasteiger partial charge on any atom is 0.402 e. The lowest BCUT2D eigenvalue weighted by atomic mass is 10.1. The summed E-state index contributed by atoms with van der Waals surface area (Å²) in [4.78, 5) is 0. The predicted molar refractivity (Wildman–Crippen MR) is 66.9 cm³/mol. The van der Waals surface area contributed by atoms with Crippen LogP contribution in [-0.2, 0) is 12.8 Å². The average Bonchev–Trinajstić information content (AvgIpc) is 2.84. The normalized spacial score (nSPS) is 16.9. The van der Waals surface area contributed by atoms with Crippen molar-refractivity contribution in [2.75, 3.05) is 6.61 Å². The Morgan fingerprint density at radius 2 is 2.05 bits per heavy atom. The van der Waals surface area contributed by atoms with Crippen LogP contribution in [0, 0.1) is 5.92 Å². The number of hydrogen-bond acceptors (Lipinski definition) is 3. The molecule has 1 aliphatic carbocycles. The predicted octanol–water partition coefficient (Wildman–Crippen LogP) is 2.48. The van der Waals surface area contributed by atoms with Gasteiger partial charge < -0.3 is 15.7 Å². The molecule has 20 heavy (non-hydrogen) atoms. The first kappa shape index (κ1) is 14.5. The molecule has 1 unspecified atom stereocenters. The zero-order valence-corrected chi connectivity index (χ0v) is 10.7. The molecule has 2 rings (SSSR count). The van der Waals surface area contributed by atoms with Gasteiger partial charge in [-0.2, -0.15) is 13.2 Å². The van der Waals surface area contributed by atoms with Crippen LogP contribution < -0.4 is 10.5 Å². The van der Waals surface area contributed by atoms with Gasteiger partial charge in [0, 0.05) is 0 Å². The fourth-order valence-electron chi connectivity index (χ4n) is 2.23. The lowest BCUT2D eigenvalue weighted by molar-refractivity contribution is -0.162. The van der Waals surface area contributed by atoms with Crippen molar-refractivity contribution in [3.05, 3.63) is 29.3 Å². The van der Waals surface area contributed by atoms with Crippen LogP contribution in [-0.4, -0.2) is 23.8 Å². The Labute approximate surface area is 114 Å². The largest absolute Gasteiger partial charge is 0.492 e. The summed E-state index contributed by atoms with van der Waals surface area (Å²) in [6.45, 7) is -0.710. The Morgan fingerprint density at radius 1 is 1.35 bits per heavy atom. The third-order valence-corrected chi connectivity index (χ3v) is 3.35. The smallest absolute Gasteiger partial charge is 0.402 e. The highest BCUT2D eigenvalue weighted by Gasteiger charge is 2.43. The quantitative estimate of drug-likeness (QED) is 0.387. The second kappa shape index (κ2) is 5.60. The fourth-order valence-corrected chi connectivity index (χ4v) is 2.23. The van der Waals surface area contributed by atoms with E-state index < -0.39 is 24.5 Å². The van der Waals surface area contributed by atoms with Crippen molar-refractivity contribution in [2.24, 2.45) is 16.8 Å². The van der Waals surface area contributed by atoms with Crippen LogP contribution in [0.2, 0.25) is 0 Å². The van der Waals surface area contributed by atoms with E-state index in [0.29, 0.717) is 5.75 Å². The van der Waals surface area contributed by atoms with Crippen LogP contribution in [0.4, 0.5) is 13.2 Å². The van der Waals surface area contributed by atoms with Gasteiger partial charge in [-0.05, 0) is 42.5 Å². The van der Waals surface area contributed by atoms with E-state index in [4.69, 9.17) is 15.7 Å². The molecule has 0 radical (unpaired) electrons. The minimum Gasteiger partial charge on any atom is -0.492 e. The lowest BCUT2D eigenvalue weighted by Crippen LogP contribution is -2.40. The zero-order chi connectivity index (χ0) is 14.8. The van der Waals surface area contributed by atoms with Gasteiger partial charge in [0.25, 0.3) is 0 Å². The molecule has 0 aliphatic heterocycles. The van der Waals surface area contributed by atoms with Gasteiger partial charge in [-0.1, -0.05) is 11.2 Å². The standard InChI is InChI=1S/C13H15F3N2O2/c14-13(15,16)11(12(17)18-19)7-20-10-5-4-8-2-1-3-9(8)6-10/h4-6,11,19H,1-3,7H2,(H2,17,18). The minimum atomic E-state index is -4.62. The molecule has 1 aromatic carbocycles. The first-order valence-corrected chi connectivity index (χ1v) is 6.20. The van der Waals surface area contributed by atoms with Crippen LogP contribution >= 0.6 is 0 Å². The topological polar surface area (TPSA) is 67.8 Å². The lowest BCUT2D eigenvalue weighted by Gasteiger charge is -2.19. The molecule has 0 saturated heterocycles. The molecule has 0 fully saturated rings. The number of ether oxygens (including phenoxy) is 1. The van der Waals surface area contributed by atoms with Gasteiger partial charge in [0.05, 0.1) is 0 Å². The van der Waals surface area contributed by atoms with Crippen LogP contribution in [0.5, 0.6) is 5.75 Å². The number of nitrogens with two attached hydrogens (primary N) is 1. The number of fused-ring (bicyclic) bond motifs is 1. The monoisotopic (exact) mass is 288 g/mol. The van der Waals surface area contributed by atoms with E-state index in [1.807, 2.05) is 6.07 Å². The molecule has 4 nitrogen and oxygen atoms in total. The maximum absolute atomic E-state index is 12.7. The summed E-state index contributed by atoms with van der Waals surface area (Å²) in [5, 5.41) is 10.8. The SMILES string of the molecule is N/C(=N/O)C(COc1ccc2c(c1)CCC2)C(F)(F)F. The van der Waals surface area contributed by atoms with E-state index in [2.05, 4.69) is 5.16 Å². The summed E-state index contributed by atoms with van der Waals surface area (Å²) in [6.07, 6.45) is -1.67. The minimum absolute atomic E-state index is 0.366. The molecule has 1 atom stereocenters. The van der Waals surface area contributed by atoms with E-state index in [1.165, 1.54) is 5.56 Å². The van der Waals surface area contributed by atoms with Gasteiger partial charge in [-0.25, -0.2) is 0 Å². The molecule has 0 bridgehead atoms. The number of aryl methyl sites for hydroxylation is 2. The summed E-state index contributed by atoms with van der Waals surface area (Å²) in [6, 6.07) is 5.26. The van der Waals surface area contributed by atoms with Crippen LogP contribution in [0.3, 0.4) is 0 Å². The first-order valence-electron chi connectivity index (χ1n) is 6.20. The van der Waals surface area contributed by atoms with Crippen molar-refractivity contribution in [1.82, 2.24) is 0 Å².